The summed E-state index contributed by atoms with van der Waals surface area (Å²) in [4.78, 5) is 12.2. The van der Waals surface area contributed by atoms with Crippen molar-refractivity contribution in [2.24, 2.45) is 5.92 Å². The van der Waals surface area contributed by atoms with Gasteiger partial charge >= 0.3 is 0 Å². The van der Waals surface area contributed by atoms with Crippen LogP contribution < -0.4 is 11.1 Å². The van der Waals surface area contributed by atoms with Crippen LogP contribution in [0.15, 0.2) is 18.2 Å². The average molecular weight is 325 g/mol. The van der Waals surface area contributed by atoms with Gasteiger partial charge in [0, 0.05) is 25.3 Å². The number of amides is 1. The number of hydrogen-bond acceptors (Lipinski definition) is 3. The number of nitrogens with one attached hydrogen (secondary N) is 1. The first-order valence-electron chi connectivity index (χ1n) is 7.98. The van der Waals surface area contributed by atoms with Crippen molar-refractivity contribution in [2.75, 3.05) is 18.9 Å². The molecule has 22 heavy (non-hydrogen) atoms. The summed E-state index contributed by atoms with van der Waals surface area (Å²) >= 11 is 0. The Kier molecular flexibility index (Phi) is 6.09. The maximum absolute atomic E-state index is 12.2. The van der Waals surface area contributed by atoms with Gasteiger partial charge in [-0.25, -0.2) is 0 Å². The van der Waals surface area contributed by atoms with E-state index >= 15 is 0 Å². The number of fused-ring (bicyclic) bond motifs is 1. The van der Waals surface area contributed by atoms with Crippen molar-refractivity contribution in [3.8, 4) is 0 Å². The van der Waals surface area contributed by atoms with Gasteiger partial charge in [0.25, 0.3) is 0 Å². The number of nitrogens with two attached hydrogens (primary N) is 1. The molecular formula is C17H25ClN2O2. The fraction of sp³-hybridized carbons (Fsp3) is 0.588. The Morgan fingerprint density at radius 2 is 2.23 bits per heavy atom. The predicted molar refractivity (Wildman–Crippen MR) is 90.1 cm³/mol. The fourth-order valence-corrected chi connectivity index (χ4v) is 3.40. The van der Waals surface area contributed by atoms with E-state index in [-0.39, 0.29) is 24.4 Å². The first kappa shape index (κ1) is 17.1. The number of aryl methyl sites for hydroxylation is 1. The predicted octanol–water partition coefficient (Wildman–Crippen LogP) is 3.00. The molecule has 5 heteroatoms. The van der Waals surface area contributed by atoms with E-state index in [1.165, 1.54) is 11.1 Å². The molecule has 3 N–H and O–H groups in total. The van der Waals surface area contributed by atoms with Gasteiger partial charge in [0.05, 0.1) is 6.04 Å². The van der Waals surface area contributed by atoms with E-state index in [1.54, 1.807) is 0 Å². The average Bonchev–Trinajstić information content (AvgIpc) is 2.98. The Hall–Kier alpha value is -1.26. The van der Waals surface area contributed by atoms with Crippen LogP contribution in [-0.4, -0.2) is 19.1 Å². The van der Waals surface area contributed by atoms with Crippen LogP contribution in [0.25, 0.3) is 0 Å². The normalized spacial score (nSPS) is 23.5. The van der Waals surface area contributed by atoms with E-state index < -0.39 is 0 Å². The molecule has 1 aliphatic carbocycles. The molecule has 0 saturated carbocycles. The quantitative estimate of drug-likeness (QED) is 0.837. The topological polar surface area (TPSA) is 64.3 Å². The first-order valence-corrected chi connectivity index (χ1v) is 7.98. The van der Waals surface area contributed by atoms with Gasteiger partial charge in [-0.05, 0) is 61.3 Å². The molecule has 0 spiro atoms. The molecule has 1 amide bonds. The highest BCUT2D eigenvalue weighted by molar-refractivity contribution is 5.85. The zero-order valence-corrected chi connectivity index (χ0v) is 13.7. The highest BCUT2D eigenvalue weighted by Gasteiger charge is 2.23. The fourth-order valence-electron chi connectivity index (χ4n) is 3.40. The third-order valence-corrected chi connectivity index (χ3v) is 4.62. The van der Waals surface area contributed by atoms with E-state index in [0.717, 1.165) is 51.0 Å². The maximum atomic E-state index is 12.2. The molecule has 1 heterocycles. The number of anilines is 1. The lowest BCUT2D eigenvalue weighted by molar-refractivity contribution is -0.122. The van der Waals surface area contributed by atoms with Gasteiger partial charge in [-0.2, -0.15) is 0 Å². The van der Waals surface area contributed by atoms with Crippen LogP contribution in [0.4, 0.5) is 5.69 Å². The molecule has 1 aromatic carbocycles. The van der Waals surface area contributed by atoms with Crippen molar-refractivity contribution in [2.45, 2.75) is 44.6 Å². The summed E-state index contributed by atoms with van der Waals surface area (Å²) in [5.74, 6) is 0.728. The highest BCUT2D eigenvalue weighted by atomic mass is 35.5. The van der Waals surface area contributed by atoms with E-state index in [0.29, 0.717) is 12.3 Å². The molecule has 1 fully saturated rings. The molecule has 4 nitrogen and oxygen atoms in total. The number of benzene rings is 1. The molecule has 122 valence electrons. The van der Waals surface area contributed by atoms with Crippen molar-refractivity contribution < 1.29 is 9.53 Å². The molecule has 2 aliphatic rings. The van der Waals surface area contributed by atoms with Crippen LogP contribution in [0.2, 0.25) is 0 Å². The Morgan fingerprint density at radius 1 is 1.36 bits per heavy atom. The molecule has 0 radical (unpaired) electrons. The van der Waals surface area contributed by atoms with Gasteiger partial charge in [-0.1, -0.05) is 6.07 Å². The van der Waals surface area contributed by atoms with Gasteiger partial charge < -0.3 is 15.8 Å². The third kappa shape index (κ3) is 4.14. The minimum Gasteiger partial charge on any atom is -0.399 e. The number of carbonyl (C=O) groups excluding carboxylic acids is 1. The van der Waals surface area contributed by atoms with Crippen molar-refractivity contribution in [3.63, 3.8) is 0 Å². The first-order chi connectivity index (χ1) is 10.2. The second-order valence-electron chi connectivity index (χ2n) is 6.24. The van der Waals surface area contributed by atoms with Gasteiger partial charge in [0.2, 0.25) is 5.91 Å². The minimum absolute atomic E-state index is 0. The molecule has 2 atom stereocenters. The highest BCUT2D eigenvalue weighted by Crippen LogP contribution is 2.31. The van der Waals surface area contributed by atoms with Crippen LogP contribution in [0.5, 0.6) is 0 Å². The number of halogens is 1. The molecule has 1 aromatic rings. The van der Waals surface area contributed by atoms with E-state index in [9.17, 15) is 4.79 Å². The zero-order valence-electron chi connectivity index (χ0n) is 12.8. The number of rotatable bonds is 4. The Bertz CT molecular complexity index is 515. The number of carbonyl (C=O) groups is 1. The van der Waals surface area contributed by atoms with Crippen molar-refractivity contribution >= 4 is 24.0 Å². The summed E-state index contributed by atoms with van der Waals surface area (Å²) in [6, 6.07) is 6.20. The van der Waals surface area contributed by atoms with E-state index in [4.69, 9.17) is 10.5 Å². The molecule has 2 unspecified atom stereocenters. The standard InChI is InChI=1S/C17H24N2O2.ClH/c18-14-5-6-15-13(10-14)2-1-3-16(15)19-17(20)7-4-12-8-9-21-11-12;/h5-6,10,12,16H,1-4,7-9,11,18H2,(H,19,20);1H. The summed E-state index contributed by atoms with van der Waals surface area (Å²) in [5.41, 5.74) is 9.19. The molecule has 3 rings (SSSR count). The minimum atomic E-state index is 0. The maximum Gasteiger partial charge on any atom is 0.220 e. The molecule has 0 aromatic heterocycles. The van der Waals surface area contributed by atoms with Gasteiger partial charge in [-0.3, -0.25) is 4.79 Å². The van der Waals surface area contributed by atoms with Gasteiger partial charge in [0.1, 0.15) is 0 Å². The molecule has 0 bridgehead atoms. The Labute approximate surface area is 138 Å². The SMILES string of the molecule is Cl.Nc1ccc2c(c1)CCCC2NC(=O)CCC1CCOC1. The van der Waals surface area contributed by atoms with Crippen molar-refractivity contribution in [1.29, 1.82) is 0 Å². The number of nitrogen functional groups attached to an aromatic ring is 1. The Balaban J connectivity index is 0.00000176. The van der Waals surface area contributed by atoms with Crippen LogP contribution >= 0.6 is 12.4 Å². The lowest BCUT2D eigenvalue weighted by atomic mass is 9.87. The second-order valence-corrected chi connectivity index (χ2v) is 6.24. The van der Waals surface area contributed by atoms with Gasteiger partial charge in [-0.15, -0.1) is 12.4 Å². The lowest BCUT2D eigenvalue weighted by Gasteiger charge is -2.27. The Morgan fingerprint density at radius 3 is 3.00 bits per heavy atom. The summed E-state index contributed by atoms with van der Waals surface area (Å²) in [6.07, 6.45) is 5.83. The number of hydrogen-bond donors (Lipinski definition) is 2. The molecular weight excluding hydrogens is 300 g/mol. The molecule has 1 aliphatic heterocycles. The van der Waals surface area contributed by atoms with Crippen LogP contribution in [-0.2, 0) is 16.0 Å². The van der Waals surface area contributed by atoms with Crippen LogP contribution in [0, 0.1) is 5.92 Å². The van der Waals surface area contributed by atoms with Crippen LogP contribution in [0.1, 0.15) is 49.3 Å². The lowest BCUT2D eigenvalue weighted by Crippen LogP contribution is -2.31. The largest absolute Gasteiger partial charge is 0.399 e. The van der Waals surface area contributed by atoms with Gasteiger partial charge in [0.15, 0.2) is 0 Å². The summed E-state index contributed by atoms with van der Waals surface area (Å²) in [7, 11) is 0. The smallest absolute Gasteiger partial charge is 0.220 e. The third-order valence-electron chi connectivity index (χ3n) is 4.62. The summed E-state index contributed by atoms with van der Waals surface area (Å²) < 4.78 is 5.35. The summed E-state index contributed by atoms with van der Waals surface area (Å²) in [6.45, 7) is 1.67. The van der Waals surface area contributed by atoms with E-state index in [2.05, 4.69) is 11.4 Å². The molecule has 1 saturated heterocycles. The monoisotopic (exact) mass is 324 g/mol. The zero-order chi connectivity index (χ0) is 14.7. The second kappa shape index (κ2) is 7.84. The van der Waals surface area contributed by atoms with E-state index in [1.807, 2.05) is 12.1 Å². The van der Waals surface area contributed by atoms with Crippen molar-refractivity contribution in [1.82, 2.24) is 5.32 Å². The van der Waals surface area contributed by atoms with Crippen molar-refractivity contribution in [3.05, 3.63) is 29.3 Å². The number of ether oxygens (including phenoxy) is 1. The van der Waals surface area contributed by atoms with Crippen LogP contribution in [0.3, 0.4) is 0 Å². The summed E-state index contributed by atoms with van der Waals surface area (Å²) in [5, 5.41) is 3.20.